The highest BCUT2D eigenvalue weighted by Gasteiger charge is 2.71. The molecular formula is C68H98F2N4O6. The predicted octanol–water partition coefficient (Wildman–Crippen LogP) is 15.3. The van der Waals surface area contributed by atoms with E-state index in [1.807, 2.05) is 0 Å². The number of rotatable bonds is 3. The fraction of sp³-hybridized carbons (Fsp3) is 0.794. The van der Waals surface area contributed by atoms with Crippen molar-refractivity contribution in [2.45, 2.75) is 220 Å². The van der Waals surface area contributed by atoms with Crippen LogP contribution >= 0.6 is 0 Å². The van der Waals surface area contributed by atoms with Crippen LogP contribution in [-0.2, 0) is 23.7 Å². The third-order valence-electron chi connectivity index (χ3n) is 26.3. The van der Waals surface area contributed by atoms with Crippen LogP contribution in [0.25, 0.3) is 0 Å². The molecule has 0 radical (unpaired) electrons. The molecule has 4 aliphatic heterocycles. The second kappa shape index (κ2) is 21.7. The molecule has 14 rings (SSSR count). The Morgan fingerprint density at radius 1 is 0.575 bits per heavy atom. The van der Waals surface area contributed by atoms with Crippen molar-refractivity contribution in [1.29, 1.82) is 0 Å². The lowest BCUT2D eigenvalue weighted by Gasteiger charge is -2.61. The number of fused-ring (bicyclic) bond motifs is 14. The first-order chi connectivity index (χ1) is 38.2. The molecule has 12 aliphatic rings. The van der Waals surface area contributed by atoms with Crippen LogP contribution in [0.3, 0.4) is 0 Å². The van der Waals surface area contributed by atoms with E-state index in [0.29, 0.717) is 92.7 Å². The zero-order valence-electron chi connectivity index (χ0n) is 49.8. The molecule has 2 aromatic carbocycles. The normalized spacial score (nSPS) is 49.2. The molecule has 80 heavy (non-hydrogen) atoms. The van der Waals surface area contributed by atoms with Gasteiger partial charge in [0.25, 0.3) is 0 Å². The standard InChI is InChI=1S/C34H49FN2O3.C27H45NO2.C7H4FNO/c1-20-11-16-34(39-19-20)21(2)30-29(40-34)18-28-26-10-5-22-17-25(37-31(38)36-24-8-6-23(35)7-9-24)12-14-32(22,3)27(26)13-15-33(28,30)4;1-16-7-12-27(29-15-16)17(2)24-23(30-27)14-22-20-6-5-18-13-19(28)8-10-25(18,3)21(20)9-11-26(22,24)4;8-6-1-3-7(4-2-6)9-5-10/h6-9,20-22,25-30H,5,10-19H2,1-4H3,(H2,36,37,38);16-24H,5-15,28H2,1-4H3;1-4H/t20-,21-,22+,25+,26+,27-,28-,29-,30-,32-,33-,34+;16-,17-,18+,19+,20+,21-,22-,23-,24-,25-,26-,27+;/m00./s1. The Kier molecular flexibility index (Phi) is 15.5. The van der Waals surface area contributed by atoms with Crippen molar-refractivity contribution in [3.8, 4) is 0 Å². The van der Waals surface area contributed by atoms with Gasteiger partial charge in [0, 0.05) is 42.4 Å². The van der Waals surface area contributed by atoms with Crippen LogP contribution in [0.15, 0.2) is 53.5 Å². The zero-order chi connectivity index (χ0) is 56.1. The Labute approximate surface area is 477 Å². The van der Waals surface area contributed by atoms with Crippen LogP contribution in [0.5, 0.6) is 0 Å². The van der Waals surface area contributed by atoms with E-state index in [-0.39, 0.29) is 35.3 Å². The van der Waals surface area contributed by atoms with Gasteiger partial charge in [0.1, 0.15) is 11.6 Å². The van der Waals surface area contributed by atoms with Gasteiger partial charge in [-0.05, 0) is 257 Å². The minimum Gasteiger partial charge on any atom is -0.349 e. The molecule has 2 amide bonds. The second-order valence-electron chi connectivity index (χ2n) is 30.1. The molecular weight excluding hydrogens is 1010 g/mol. The summed E-state index contributed by atoms with van der Waals surface area (Å²) in [7, 11) is 0. The number of urea groups is 1. The van der Waals surface area contributed by atoms with Crippen molar-refractivity contribution >= 4 is 23.5 Å². The molecule has 4 heterocycles. The van der Waals surface area contributed by atoms with Crippen LogP contribution in [0.1, 0.15) is 184 Å². The summed E-state index contributed by atoms with van der Waals surface area (Å²) in [4.78, 5) is 25.7. The van der Waals surface area contributed by atoms with E-state index in [2.05, 4.69) is 71.0 Å². The zero-order valence-corrected chi connectivity index (χ0v) is 49.8. The van der Waals surface area contributed by atoms with Gasteiger partial charge in [0.15, 0.2) is 11.6 Å². The van der Waals surface area contributed by atoms with Crippen LogP contribution in [0.2, 0.25) is 0 Å². The van der Waals surface area contributed by atoms with E-state index >= 15 is 0 Å². The molecule has 440 valence electrons. The lowest BCUT2D eigenvalue weighted by Crippen LogP contribution is -2.56. The summed E-state index contributed by atoms with van der Waals surface area (Å²) in [5.74, 6) is 9.04. The minimum atomic E-state index is -0.343. The third-order valence-corrected chi connectivity index (χ3v) is 26.3. The van der Waals surface area contributed by atoms with E-state index < -0.39 is 0 Å². The summed E-state index contributed by atoms with van der Waals surface area (Å²) in [6.45, 7) is 21.8. The average molecular weight is 1110 g/mol. The Morgan fingerprint density at radius 3 is 1.54 bits per heavy atom. The molecule has 12 heteroatoms. The van der Waals surface area contributed by atoms with Crippen molar-refractivity contribution in [2.24, 2.45) is 115 Å². The van der Waals surface area contributed by atoms with Crippen molar-refractivity contribution < 1.29 is 37.3 Å². The fourth-order valence-corrected chi connectivity index (χ4v) is 22.2. The van der Waals surface area contributed by atoms with Gasteiger partial charge in [-0.2, -0.15) is 4.99 Å². The number of ether oxygens (including phenoxy) is 4. The molecule has 2 spiro atoms. The van der Waals surface area contributed by atoms with Crippen LogP contribution in [0.4, 0.5) is 25.0 Å². The van der Waals surface area contributed by atoms with Crippen LogP contribution in [0, 0.1) is 116 Å². The summed E-state index contributed by atoms with van der Waals surface area (Å²) in [5, 5.41) is 6.12. The van der Waals surface area contributed by atoms with Gasteiger partial charge in [-0.1, -0.05) is 55.4 Å². The molecule has 0 unspecified atom stereocenters. The van der Waals surface area contributed by atoms with Crippen molar-refractivity contribution in [3.63, 3.8) is 0 Å². The minimum absolute atomic E-state index is 0.178. The molecule has 24 atom stereocenters. The van der Waals surface area contributed by atoms with Crippen LogP contribution in [-0.4, -0.2) is 61.2 Å². The fourth-order valence-electron chi connectivity index (χ4n) is 22.2. The largest absolute Gasteiger partial charge is 0.349 e. The number of amides is 2. The lowest BCUT2D eigenvalue weighted by atomic mass is 9.44. The second-order valence-corrected chi connectivity index (χ2v) is 30.1. The summed E-state index contributed by atoms with van der Waals surface area (Å²) in [6.07, 6.45) is 27.5. The maximum atomic E-state index is 13.2. The first-order valence-electron chi connectivity index (χ1n) is 32.3. The maximum Gasteiger partial charge on any atom is 0.319 e. The number of nitrogens with one attached hydrogen (secondary N) is 2. The van der Waals surface area contributed by atoms with E-state index in [1.165, 1.54) is 145 Å². The number of carbonyl (C=O) groups is 1. The Hall–Kier alpha value is -3.25. The summed E-state index contributed by atoms with van der Waals surface area (Å²) in [6, 6.07) is 11.7. The van der Waals surface area contributed by atoms with E-state index in [4.69, 9.17) is 24.7 Å². The summed E-state index contributed by atoms with van der Waals surface area (Å²) in [5.41, 5.74) is 9.17. The summed E-state index contributed by atoms with van der Waals surface area (Å²) >= 11 is 0. The molecule has 12 fully saturated rings. The Bertz CT molecular complexity index is 2580. The highest BCUT2D eigenvalue weighted by atomic mass is 19.1. The Balaban J connectivity index is 0.000000139. The number of nitrogens with two attached hydrogens (primary N) is 1. The van der Waals surface area contributed by atoms with Gasteiger partial charge in [0.2, 0.25) is 6.08 Å². The number of carbonyl (C=O) groups excluding carboxylic acids is 2. The third kappa shape index (κ3) is 9.79. The quantitative estimate of drug-likeness (QED) is 0.206. The first-order valence-corrected chi connectivity index (χ1v) is 32.3. The summed E-state index contributed by atoms with van der Waals surface area (Å²) < 4.78 is 52.3. The topological polar surface area (TPSA) is 134 Å². The van der Waals surface area contributed by atoms with Gasteiger partial charge in [-0.15, -0.1) is 0 Å². The van der Waals surface area contributed by atoms with Crippen molar-refractivity contribution in [1.82, 2.24) is 5.32 Å². The SMILES string of the molecule is C[C@H]1CC[C@@]2(OC1)O[C@H]1C[C@H]3[C@@H]4CC[C@@H]5C[C@H](N)CC[C@]5(C)[C@H]4CC[C@]3(C)[C@H]1[C@@H]2C.C[C@H]1CC[C@@]2(OC1)O[C@H]1C[C@H]3[C@@H]4CC[C@@H]5C[C@H](NC(=O)Nc6ccc(F)cc6)CC[C@]5(C)[C@H]4CC[C@]3(C)[C@H]1[C@@H]2C.O=C=Nc1ccc(F)cc1. The van der Waals surface area contributed by atoms with Gasteiger partial charge in [-0.3, -0.25) is 0 Å². The number of isocyanates is 1. The first kappa shape index (κ1) is 57.2. The number of benzene rings is 2. The van der Waals surface area contributed by atoms with E-state index in [1.54, 1.807) is 12.1 Å². The number of hydrogen-bond acceptors (Lipinski definition) is 8. The molecule has 10 nitrogen and oxygen atoms in total. The molecule has 8 saturated carbocycles. The average Bonchev–Trinajstić information content (AvgIpc) is 2.26. The predicted molar refractivity (Wildman–Crippen MR) is 308 cm³/mol. The highest BCUT2D eigenvalue weighted by Crippen LogP contribution is 2.73. The highest BCUT2D eigenvalue weighted by molar-refractivity contribution is 5.89. The van der Waals surface area contributed by atoms with Gasteiger partial charge in [-0.25, -0.2) is 18.4 Å². The molecule has 8 aliphatic carbocycles. The molecule has 4 saturated heterocycles. The van der Waals surface area contributed by atoms with Crippen molar-refractivity contribution in [3.05, 3.63) is 60.2 Å². The number of halogens is 2. The van der Waals surface area contributed by atoms with E-state index in [0.717, 1.165) is 80.3 Å². The maximum absolute atomic E-state index is 13.2. The molecule has 0 bridgehead atoms. The monoisotopic (exact) mass is 1100 g/mol. The molecule has 2 aromatic rings. The van der Waals surface area contributed by atoms with E-state index in [9.17, 15) is 18.4 Å². The van der Waals surface area contributed by atoms with Gasteiger partial charge in [0.05, 0.1) is 31.1 Å². The number of anilines is 1. The smallest absolute Gasteiger partial charge is 0.319 e. The van der Waals surface area contributed by atoms with Gasteiger partial charge >= 0.3 is 6.03 Å². The number of hydrogen-bond donors (Lipinski definition) is 3. The molecule has 4 N–H and O–H groups in total. The van der Waals surface area contributed by atoms with Crippen molar-refractivity contribution in [2.75, 3.05) is 18.5 Å². The molecule has 0 aromatic heterocycles. The van der Waals surface area contributed by atoms with Gasteiger partial charge < -0.3 is 35.3 Å². The van der Waals surface area contributed by atoms with Crippen LogP contribution < -0.4 is 16.4 Å². The number of nitrogens with zero attached hydrogens (tertiary/aromatic N) is 1. The number of aliphatic imine (C=N–C) groups is 1. The Morgan fingerprint density at radius 2 is 1.05 bits per heavy atom. The lowest BCUT2D eigenvalue weighted by molar-refractivity contribution is -0.273.